The Hall–Kier alpha value is -1.94. The second kappa shape index (κ2) is 63.1. The van der Waals surface area contributed by atoms with E-state index in [9.17, 15) is 43.2 Å². The van der Waals surface area contributed by atoms with Gasteiger partial charge in [0.2, 0.25) is 0 Å². The third-order valence-electron chi connectivity index (χ3n) is 16.8. The van der Waals surface area contributed by atoms with Crippen LogP contribution in [0.1, 0.15) is 363 Å². The largest absolute Gasteiger partial charge is 0.472 e. The zero-order valence-corrected chi connectivity index (χ0v) is 60.2. The van der Waals surface area contributed by atoms with Crippen LogP contribution in [-0.4, -0.2) is 96.7 Å². The highest BCUT2D eigenvalue weighted by Gasteiger charge is 2.30. The van der Waals surface area contributed by atoms with Gasteiger partial charge in [0.15, 0.2) is 12.2 Å². The minimum Gasteiger partial charge on any atom is -0.462 e. The fourth-order valence-electron chi connectivity index (χ4n) is 10.7. The molecular weight excluding hydrogens is 1190 g/mol. The van der Waals surface area contributed by atoms with Crippen molar-refractivity contribution in [1.29, 1.82) is 0 Å². The summed E-state index contributed by atoms with van der Waals surface area (Å²) >= 11 is 0. The van der Waals surface area contributed by atoms with Gasteiger partial charge < -0.3 is 33.8 Å². The first-order valence-electron chi connectivity index (χ1n) is 37.0. The first-order valence-corrected chi connectivity index (χ1v) is 40.0. The van der Waals surface area contributed by atoms with Crippen molar-refractivity contribution in [1.82, 2.24) is 0 Å². The molecule has 3 unspecified atom stereocenters. The van der Waals surface area contributed by atoms with Crippen molar-refractivity contribution >= 4 is 39.5 Å². The number of esters is 4. The van der Waals surface area contributed by atoms with E-state index < -0.39 is 97.5 Å². The van der Waals surface area contributed by atoms with Crippen molar-refractivity contribution in [2.75, 3.05) is 39.6 Å². The molecule has 19 heteroatoms. The van der Waals surface area contributed by atoms with E-state index in [0.29, 0.717) is 25.7 Å². The Bertz CT molecular complexity index is 1750. The SMILES string of the molecule is CCCCCCCCCCCCCCCCCC(=O)O[C@H](COC(=O)CCCCCCCCCCC(C)CC)COP(=O)(O)OC[C@@H](O)COP(=O)(O)OC[C@@H](COC(=O)CCCCCCCCCCC(C)C)OC(=O)CCCCCCCCCCCCCC. The van der Waals surface area contributed by atoms with Crippen LogP contribution in [0.2, 0.25) is 0 Å². The summed E-state index contributed by atoms with van der Waals surface area (Å²) in [6.07, 6.45) is 48.4. The highest BCUT2D eigenvalue weighted by molar-refractivity contribution is 7.47. The molecule has 0 aromatic heterocycles. The third kappa shape index (κ3) is 63.5. The quantitative estimate of drug-likeness (QED) is 0.0222. The number of unbranched alkanes of at least 4 members (excludes halogenated alkanes) is 39. The zero-order chi connectivity index (χ0) is 66.5. The Kier molecular flexibility index (Phi) is 61.8. The van der Waals surface area contributed by atoms with Crippen LogP contribution in [0.5, 0.6) is 0 Å². The molecule has 0 aromatic carbocycles. The Morgan fingerprint density at radius 2 is 0.567 bits per heavy atom. The number of hydrogen-bond donors (Lipinski definition) is 3. The molecule has 0 saturated carbocycles. The number of aliphatic hydroxyl groups is 1. The first-order chi connectivity index (χ1) is 43.4. The summed E-state index contributed by atoms with van der Waals surface area (Å²) in [6, 6.07) is 0. The fraction of sp³-hybridized carbons (Fsp3) is 0.944. The van der Waals surface area contributed by atoms with Gasteiger partial charge in [0.25, 0.3) is 0 Å². The fourth-order valence-corrected chi connectivity index (χ4v) is 12.3. The number of ether oxygens (including phenoxy) is 4. The van der Waals surface area contributed by atoms with Crippen molar-refractivity contribution in [2.24, 2.45) is 11.8 Å². The van der Waals surface area contributed by atoms with Crippen LogP contribution >= 0.6 is 15.6 Å². The summed E-state index contributed by atoms with van der Waals surface area (Å²) in [4.78, 5) is 72.6. The summed E-state index contributed by atoms with van der Waals surface area (Å²) in [5.74, 6) is -0.617. The molecule has 0 aliphatic rings. The molecule has 0 aliphatic heterocycles. The van der Waals surface area contributed by atoms with Crippen LogP contribution in [0.4, 0.5) is 0 Å². The van der Waals surface area contributed by atoms with Crippen LogP contribution in [-0.2, 0) is 65.4 Å². The number of phosphoric ester groups is 2. The second-order valence-electron chi connectivity index (χ2n) is 26.3. The van der Waals surface area contributed by atoms with Gasteiger partial charge in [0.05, 0.1) is 26.4 Å². The number of hydrogen-bond acceptors (Lipinski definition) is 15. The van der Waals surface area contributed by atoms with Crippen LogP contribution in [0.15, 0.2) is 0 Å². The lowest BCUT2D eigenvalue weighted by Gasteiger charge is -2.21. The van der Waals surface area contributed by atoms with Crippen LogP contribution in [0.25, 0.3) is 0 Å². The Morgan fingerprint density at radius 3 is 0.844 bits per heavy atom. The normalized spacial score (nSPS) is 14.4. The molecule has 0 saturated heterocycles. The monoisotopic (exact) mass is 1320 g/mol. The van der Waals surface area contributed by atoms with Crippen LogP contribution in [0.3, 0.4) is 0 Å². The highest BCUT2D eigenvalue weighted by Crippen LogP contribution is 2.45. The predicted molar refractivity (Wildman–Crippen MR) is 363 cm³/mol. The lowest BCUT2D eigenvalue weighted by molar-refractivity contribution is -0.161. The van der Waals surface area contributed by atoms with E-state index in [1.54, 1.807) is 0 Å². The molecule has 90 heavy (non-hydrogen) atoms. The van der Waals surface area contributed by atoms with Gasteiger partial charge in [-0.2, -0.15) is 0 Å². The minimum absolute atomic E-state index is 0.107. The van der Waals surface area contributed by atoms with Gasteiger partial charge in [0.1, 0.15) is 19.3 Å². The van der Waals surface area contributed by atoms with Crippen LogP contribution in [0, 0.1) is 11.8 Å². The van der Waals surface area contributed by atoms with Gasteiger partial charge in [-0.15, -0.1) is 0 Å². The molecule has 0 rings (SSSR count). The second-order valence-corrected chi connectivity index (χ2v) is 29.3. The molecule has 0 aliphatic carbocycles. The summed E-state index contributed by atoms with van der Waals surface area (Å²) in [5, 5.41) is 10.6. The molecule has 0 fully saturated rings. The smallest absolute Gasteiger partial charge is 0.462 e. The summed E-state index contributed by atoms with van der Waals surface area (Å²) in [5.41, 5.74) is 0. The lowest BCUT2D eigenvalue weighted by Crippen LogP contribution is -2.30. The Labute approximate surface area is 549 Å². The molecular formula is C71H138O17P2. The molecule has 0 bridgehead atoms. The molecule has 0 heterocycles. The number of carbonyl (C=O) groups excluding carboxylic acids is 4. The van der Waals surface area contributed by atoms with Gasteiger partial charge in [0, 0.05) is 25.7 Å². The summed E-state index contributed by atoms with van der Waals surface area (Å²) < 4.78 is 68.3. The maximum absolute atomic E-state index is 13.0. The van der Waals surface area contributed by atoms with E-state index in [4.69, 9.17) is 37.0 Å². The maximum atomic E-state index is 13.0. The van der Waals surface area contributed by atoms with Gasteiger partial charge in [-0.3, -0.25) is 37.3 Å². The van der Waals surface area contributed by atoms with Crippen molar-refractivity contribution in [3.63, 3.8) is 0 Å². The zero-order valence-electron chi connectivity index (χ0n) is 58.4. The average molecular weight is 1330 g/mol. The Balaban J connectivity index is 5.26. The number of rotatable bonds is 70. The molecule has 0 spiro atoms. The average Bonchev–Trinajstić information content (AvgIpc) is 3.37. The van der Waals surface area contributed by atoms with Gasteiger partial charge in [-0.1, -0.05) is 311 Å². The van der Waals surface area contributed by atoms with Crippen molar-refractivity contribution < 1.29 is 80.2 Å². The molecule has 17 nitrogen and oxygen atoms in total. The van der Waals surface area contributed by atoms with Crippen molar-refractivity contribution in [2.45, 2.75) is 381 Å². The van der Waals surface area contributed by atoms with Gasteiger partial charge >= 0.3 is 39.5 Å². The lowest BCUT2D eigenvalue weighted by atomic mass is 9.99. The van der Waals surface area contributed by atoms with E-state index in [0.717, 1.165) is 102 Å². The van der Waals surface area contributed by atoms with E-state index >= 15 is 0 Å². The van der Waals surface area contributed by atoms with E-state index in [1.807, 2.05) is 0 Å². The summed E-state index contributed by atoms with van der Waals surface area (Å²) in [6.45, 7) is 9.53. The molecule has 3 N–H and O–H groups in total. The molecule has 534 valence electrons. The first kappa shape index (κ1) is 88.1. The predicted octanol–water partition coefficient (Wildman–Crippen LogP) is 20.4. The van der Waals surface area contributed by atoms with Gasteiger partial charge in [-0.25, -0.2) is 9.13 Å². The number of carbonyl (C=O) groups is 4. The highest BCUT2D eigenvalue weighted by atomic mass is 31.2. The molecule has 0 aromatic rings. The van der Waals surface area contributed by atoms with E-state index in [-0.39, 0.29) is 25.7 Å². The number of phosphoric acid groups is 2. The third-order valence-corrected chi connectivity index (χ3v) is 18.7. The standard InChI is InChI=1S/C71H138O17P2/c1-7-10-12-14-16-18-20-22-23-24-26-28-38-44-50-56-71(76)88-67(60-82-69(74)54-48-42-36-32-30-34-40-46-52-64(6)9-3)62-86-90(79,80)84-58-65(72)57-83-89(77,78)85-61-66(59-81-68(73)53-47-41-35-31-29-33-39-45-51-63(4)5)87-70(75)55-49-43-37-27-25-21-19-17-15-13-11-8-2/h63-67,72H,7-62H2,1-6H3,(H,77,78)(H,79,80)/t64?,65-,66+,67+/m0/s1. The van der Waals surface area contributed by atoms with E-state index in [2.05, 4.69) is 41.5 Å². The molecule has 0 radical (unpaired) electrons. The topological polar surface area (TPSA) is 237 Å². The number of aliphatic hydroxyl groups excluding tert-OH is 1. The Morgan fingerprint density at radius 1 is 0.322 bits per heavy atom. The van der Waals surface area contributed by atoms with E-state index in [1.165, 1.54) is 180 Å². The molecule has 6 atom stereocenters. The summed E-state index contributed by atoms with van der Waals surface area (Å²) in [7, 11) is -9.90. The van der Waals surface area contributed by atoms with Crippen LogP contribution < -0.4 is 0 Å². The molecule has 0 amide bonds. The van der Waals surface area contributed by atoms with Gasteiger partial charge in [-0.05, 0) is 37.5 Å². The van der Waals surface area contributed by atoms with Crippen molar-refractivity contribution in [3.05, 3.63) is 0 Å². The van der Waals surface area contributed by atoms with Crippen molar-refractivity contribution in [3.8, 4) is 0 Å². The minimum atomic E-state index is -4.95. The maximum Gasteiger partial charge on any atom is 0.472 e.